The first-order valence-electron chi connectivity index (χ1n) is 5.36. The summed E-state index contributed by atoms with van der Waals surface area (Å²) in [4.78, 5) is 10.6. The van der Waals surface area contributed by atoms with Gasteiger partial charge in [0.1, 0.15) is 11.5 Å². The Labute approximate surface area is 128 Å². The Hall–Kier alpha value is -1.03. The number of carbonyl (C=O) groups is 1. The number of alkyl carbamates (subject to hydrolysis) is 1. The zero-order valence-electron chi connectivity index (χ0n) is 9.93. The molecule has 1 saturated heterocycles. The maximum absolute atomic E-state index is 11.5. The second-order valence-electron chi connectivity index (χ2n) is 3.98. The standard InChI is InChI=1S/C10H10BrClN2O5S/c11-5-1-7(12)9(8(2-5)20(13,16)17)18-4-6-3-14-10(15)19-6/h1-2,6H,3-4H2,(H,14,15)(H2,13,16,17). The van der Waals surface area contributed by atoms with Gasteiger partial charge in [0.2, 0.25) is 10.0 Å². The molecule has 0 saturated carbocycles. The molecule has 0 aliphatic carbocycles. The van der Waals surface area contributed by atoms with E-state index < -0.39 is 22.2 Å². The molecule has 1 fully saturated rings. The molecule has 0 spiro atoms. The molecule has 1 heterocycles. The fourth-order valence-corrected chi connectivity index (χ4v) is 3.38. The second-order valence-corrected chi connectivity index (χ2v) is 6.83. The molecule has 1 amide bonds. The van der Waals surface area contributed by atoms with E-state index in [1.54, 1.807) is 0 Å². The van der Waals surface area contributed by atoms with Crippen molar-refractivity contribution in [3.05, 3.63) is 21.6 Å². The molecule has 3 N–H and O–H groups in total. The van der Waals surface area contributed by atoms with Gasteiger partial charge in [-0.05, 0) is 12.1 Å². The first kappa shape index (κ1) is 15.4. The quantitative estimate of drug-likeness (QED) is 0.810. The largest absolute Gasteiger partial charge is 0.487 e. The van der Waals surface area contributed by atoms with E-state index in [1.807, 2.05) is 0 Å². The molecule has 0 aromatic heterocycles. The molecule has 110 valence electrons. The average Bonchev–Trinajstić information content (AvgIpc) is 2.72. The monoisotopic (exact) mass is 384 g/mol. The van der Waals surface area contributed by atoms with Crippen LogP contribution in [0.4, 0.5) is 4.79 Å². The summed E-state index contributed by atoms with van der Waals surface area (Å²) in [7, 11) is -4.00. The van der Waals surface area contributed by atoms with Gasteiger partial charge in [0.15, 0.2) is 11.9 Å². The van der Waals surface area contributed by atoms with Gasteiger partial charge >= 0.3 is 6.09 Å². The van der Waals surface area contributed by atoms with Crippen LogP contribution in [0.15, 0.2) is 21.5 Å². The van der Waals surface area contributed by atoms with Crippen molar-refractivity contribution in [3.8, 4) is 5.75 Å². The van der Waals surface area contributed by atoms with Crippen LogP contribution in [0.2, 0.25) is 5.02 Å². The van der Waals surface area contributed by atoms with Crippen LogP contribution in [0.25, 0.3) is 0 Å². The Morgan fingerprint density at radius 1 is 1.55 bits per heavy atom. The van der Waals surface area contributed by atoms with Crippen molar-refractivity contribution in [1.29, 1.82) is 0 Å². The number of benzene rings is 1. The van der Waals surface area contributed by atoms with Gasteiger partial charge in [-0.1, -0.05) is 27.5 Å². The van der Waals surface area contributed by atoms with E-state index in [9.17, 15) is 13.2 Å². The van der Waals surface area contributed by atoms with Crippen molar-refractivity contribution in [2.45, 2.75) is 11.0 Å². The van der Waals surface area contributed by atoms with Crippen molar-refractivity contribution < 1.29 is 22.7 Å². The summed E-state index contributed by atoms with van der Waals surface area (Å²) >= 11 is 9.08. The summed E-state index contributed by atoms with van der Waals surface area (Å²) in [6.07, 6.45) is -1.07. The predicted molar refractivity (Wildman–Crippen MR) is 74.3 cm³/mol. The number of sulfonamides is 1. The van der Waals surface area contributed by atoms with E-state index in [4.69, 9.17) is 26.2 Å². The lowest BCUT2D eigenvalue weighted by molar-refractivity contribution is 0.104. The Balaban J connectivity index is 2.24. The Kier molecular flexibility index (Phi) is 4.43. The molecule has 20 heavy (non-hydrogen) atoms. The molecule has 10 heteroatoms. The summed E-state index contributed by atoms with van der Waals surface area (Å²) in [6, 6.07) is 2.76. The van der Waals surface area contributed by atoms with Crippen LogP contribution in [-0.4, -0.2) is 33.8 Å². The highest BCUT2D eigenvalue weighted by atomic mass is 79.9. The first-order valence-corrected chi connectivity index (χ1v) is 8.08. The summed E-state index contributed by atoms with van der Waals surface area (Å²) in [5.74, 6) is -0.0692. The maximum atomic E-state index is 11.5. The number of carbonyl (C=O) groups excluding carboxylic acids is 1. The fraction of sp³-hybridized carbons (Fsp3) is 0.300. The molecule has 2 rings (SSSR count). The fourth-order valence-electron chi connectivity index (χ4n) is 1.59. The third kappa shape index (κ3) is 3.54. The lowest BCUT2D eigenvalue weighted by Gasteiger charge is -2.14. The lowest BCUT2D eigenvalue weighted by Crippen LogP contribution is -2.23. The number of primary sulfonamides is 1. The molecule has 1 aliphatic heterocycles. The zero-order chi connectivity index (χ0) is 14.9. The molecule has 1 atom stereocenters. The second kappa shape index (κ2) is 5.76. The van der Waals surface area contributed by atoms with Crippen molar-refractivity contribution >= 4 is 43.6 Å². The lowest BCUT2D eigenvalue weighted by atomic mass is 10.3. The Morgan fingerprint density at radius 2 is 2.25 bits per heavy atom. The van der Waals surface area contributed by atoms with Crippen molar-refractivity contribution in [3.63, 3.8) is 0 Å². The normalized spacial score (nSPS) is 18.6. The number of ether oxygens (including phenoxy) is 2. The highest BCUT2D eigenvalue weighted by Crippen LogP contribution is 2.35. The Bertz CT molecular complexity index is 651. The van der Waals surface area contributed by atoms with Gasteiger partial charge in [-0.25, -0.2) is 18.4 Å². The van der Waals surface area contributed by atoms with Gasteiger partial charge in [-0.2, -0.15) is 0 Å². The molecule has 1 aromatic rings. The first-order chi connectivity index (χ1) is 9.27. The number of halogens is 2. The smallest absolute Gasteiger partial charge is 0.407 e. The highest BCUT2D eigenvalue weighted by molar-refractivity contribution is 9.10. The van der Waals surface area contributed by atoms with Gasteiger partial charge in [0.25, 0.3) is 0 Å². The number of nitrogens with one attached hydrogen (secondary N) is 1. The van der Waals surface area contributed by atoms with Crippen molar-refractivity contribution in [1.82, 2.24) is 5.32 Å². The molecule has 1 unspecified atom stereocenters. The van der Waals surface area contributed by atoms with E-state index in [1.165, 1.54) is 12.1 Å². The van der Waals surface area contributed by atoms with E-state index in [-0.39, 0.29) is 28.8 Å². The summed E-state index contributed by atoms with van der Waals surface area (Å²) in [6.45, 7) is 0.236. The van der Waals surface area contributed by atoms with E-state index >= 15 is 0 Å². The molecule has 7 nitrogen and oxygen atoms in total. The summed E-state index contributed by atoms with van der Waals surface area (Å²) < 4.78 is 33.7. The number of rotatable bonds is 4. The van der Waals surface area contributed by atoms with Crippen LogP contribution in [0.1, 0.15) is 0 Å². The minimum Gasteiger partial charge on any atom is -0.487 e. The third-order valence-electron chi connectivity index (χ3n) is 2.44. The number of nitrogens with two attached hydrogens (primary N) is 1. The minimum absolute atomic E-state index is 0.0391. The van der Waals surface area contributed by atoms with Crippen LogP contribution < -0.4 is 15.2 Å². The van der Waals surface area contributed by atoms with Gasteiger partial charge in [-0.15, -0.1) is 0 Å². The van der Waals surface area contributed by atoms with Crippen molar-refractivity contribution in [2.24, 2.45) is 5.14 Å². The number of amides is 1. The topological polar surface area (TPSA) is 108 Å². The van der Waals surface area contributed by atoms with E-state index in [2.05, 4.69) is 21.2 Å². The van der Waals surface area contributed by atoms with Crippen LogP contribution in [0, 0.1) is 0 Å². The van der Waals surface area contributed by atoms with Crippen molar-refractivity contribution in [2.75, 3.05) is 13.2 Å². The number of cyclic esters (lactones) is 1. The Morgan fingerprint density at radius 3 is 2.80 bits per heavy atom. The average molecular weight is 386 g/mol. The van der Waals surface area contributed by atoms with E-state index in [0.717, 1.165) is 0 Å². The molecular weight excluding hydrogens is 376 g/mol. The predicted octanol–water partition coefficient (Wildman–Crippen LogP) is 1.24. The van der Waals surface area contributed by atoms with Crippen LogP contribution >= 0.6 is 27.5 Å². The minimum atomic E-state index is -4.00. The van der Waals surface area contributed by atoms with E-state index in [0.29, 0.717) is 4.47 Å². The summed E-state index contributed by atoms with van der Waals surface area (Å²) in [5, 5.41) is 7.65. The number of hydrogen-bond acceptors (Lipinski definition) is 5. The highest BCUT2D eigenvalue weighted by Gasteiger charge is 2.25. The van der Waals surface area contributed by atoms with Crippen LogP contribution in [0.3, 0.4) is 0 Å². The SMILES string of the molecule is NS(=O)(=O)c1cc(Br)cc(Cl)c1OCC1CNC(=O)O1. The van der Waals surface area contributed by atoms with Gasteiger partial charge in [0, 0.05) is 4.47 Å². The van der Waals surface area contributed by atoms with Crippen LogP contribution in [-0.2, 0) is 14.8 Å². The third-order valence-corrected chi connectivity index (χ3v) is 4.10. The zero-order valence-corrected chi connectivity index (χ0v) is 13.1. The van der Waals surface area contributed by atoms with Gasteiger partial charge < -0.3 is 14.8 Å². The van der Waals surface area contributed by atoms with Crippen LogP contribution in [0.5, 0.6) is 5.75 Å². The molecule has 0 radical (unpaired) electrons. The maximum Gasteiger partial charge on any atom is 0.407 e. The molecule has 1 aliphatic rings. The molecule has 0 bridgehead atoms. The molecule has 1 aromatic carbocycles. The number of hydrogen-bond donors (Lipinski definition) is 2. The van der Waals surface area contributed by atoms with Gasteiger partial charge in [-0.3, -0.25) is 0 Å². The molecular formula is C10H10BrClN2O5S. The summed E-state index contributed by atoms with van der Waals surface area (Å²) in [5.41, 5.74) is 0. The van der Waals surface area contributed by atoms with Gasteiger partial charge in [0.05, 0.1) is 11.6 Å².